The Labute approximate surface area is 514 Å². The number of nitrogens with one attached hydrogen (secondary N) is 1. The number of nitrogens with zero attached hydrogens (tertiary/aromatic N) is 9. The molecule has 0 spiro atoms. The zero-order valence-corrected chi connectivity index (χ0v) is 52.2. The van der Waals surface area contributed by atoms with Crippen LogP contribution in [-0.2, 0) is 91.6 Å². The third-order valence-electron chi connectivity index (χ3n) is 13.4. The fourth-order valence-corrected chi connectivity index (χ4v) is 10.2. The van der Waals surface area contributed by atoms with Gasteiger partial charge in [0.1, 0.15) is 47.2 Å². The number of aromatic nitrogens is 6. The molecule has 0 bridgehead atoms. The number of rotatable bonds is 20. The molecular formula is C54H62ClF10N10O11PS2. The number of carboxylic acid groups (broad SMARTS) is 1. The maximum absolute atomic E-state index is 14.5. The molecule has 0 saturated carbocycles. The highest BCUT2D eigenvalue weighted by atomic mass is 35.5. The highest BCUT2D eigenvalue weighted by Crippen LogP contribution is 2.51. The Morgan fingerprint density at radius 1 is 0.944 bits per heavy atom. The summed E-state index contributed by atoms with van der Waals surface area (Å²) in [4.78, 5) is 79.1. The predicted octanol–water partition coefficient (Wildman–Crippen LogP) is 10.9. The molecule has 6 aromatic rings. The lowest BCUT2D eigenvalue weighted by Crippen LogP contribution is -2.43. The normalized spacial score (nSPS) is 14.8. The van der Waals surface area contributed by atoms with E-state index < -0.39 is 134 Å². The van der Waals surface area contributed by atoms with Crippen molar-refractivity contribution in [2.24, 2.45) is 5.92 Å². The number of aryl methyl sites for hydroxylation is 2. The van der Waals surface area contributed by atoms with Crippen molar-refractivity contribution in [1.29, 1.82) is 0 Å². The second-order valence-corrected chi connectivity index (χ2v) is 25.0. The number of fused-ring (bicyclic) bond motifs is 2. The zero-order chi connectivity index (χ0) is 66.8. The Morgan fingerprint density at radius 2 is 1.57 bits per heavy atom. The molecular weight excluding hydrogens is 1290 g/mol. The Balaban J connectivity index is 0.000000474. The summed E-state index contributed by atoms with van der Waals surface area (Å²) >= 11 is 6.72. The summed E-state index contributed by atoms with van der Waals surface area (Å²) in [5, 5.41) is 19.0. The predicted molar refractivity (Wildman–Crippen MR) is 310 cm³/mol. The number of aliphatic carboxylic acids is 1. The van der Waals surface area contributed by atoms with Gasteiger partial charge in [0.15, 0.2) is 11.5 Å². The van der Waals surface area contributed by atoms with E-state index in [2.05, 4.69) is 30.0 Å². The molecule has 0 saturated heterocycles. The highest BCUT2D eigenvalue weighted by Gasteiger charge is 2.55. The lowest BCUT2D eigenvalue weighted by atomic mass is 9.93. The molecule has 4 atom stereocenters. The van der Waals surface area contributed by atoms with Crippen molar-refractivity contribution in [3.8, 4) is 11.1 Å². The van der Waals surface area contributed by atoms with Crippen LogP contribution in [0.5, 0.6) is 0 Å². The molecule has 4 amide bonds. The number of anilines is 2. The van der Waals surface area contributed by atoms with Crippen molar-refractivity contribution in [2.75, 3.05) is 42.1 Å². The molecule has 0 aliphatic heterocycles. The number of pyridine rings is 2. The van der Waals surface area contributed by atoms with E-state index in [0.717, 1.165) is 35.0 Å². The Kier molecular flexibility index (Phi) is 24.8. The number of halogens is 11. The van der Waals surface area contributed by atoms with Crippen molar-refractivity contribution in [1.82, 2.24) is 39.7 Å². The Morgan fingerprint density at radius 3 is 2.10 bits per heavy atom. The number of carbonyl (C=O) groups is 4. The van der Waals surface area contributed by atoms with Crippen molar-refractivity contribution in [3.63, 3.8) is 0 Å². The summed E-state index contributed by atoms with van der Waals surface area (Å²) in [5.41, 5.74) is -1.56. The van der Waals surface area contributed by atoms with Gasteiger partial charge in [0, 0.05) is 87.8 Å². The smallest absolute Gasteiger partial charge is 0.435 e. The van der Waals surface area contributed by atoms with Gasteiger partial charge < -0.3 is 24.9 Å². The molecule has 0 radical (unpaired) electrons. The second kappa shape index (κ2) is 30.3. The van der Waals surface area contributed by atoms with Gasteiger partial charge in [0.05, 0.1) is 34.2 Å². The van der Waals surface area contributed by atoms with Crippen molar-refractivity contribution in [2.45, 2.75) is 116 Å². The second-order valence-electron chi connectivity index (χ2n) is 20.5. The summed E-state index contributed by atoms with van der Waals surface area (Å²) in [6.07, 6.45) is -6.58. The molecule has 488 valence electrons. The number of amides is 4. The Bertz CT molecular complexity index is 3560. The molecule has 0 fully saturated rings. The quantitative estimate of drug-likeness (QED) is 0.0240. The molecule has 4 aromatic heterocycles. The first kappa shape index (κ1) is 72.8. The van der Waals surface area contributed by atoms with Gasteiger partial charge in [0.2, 0.25) is 13.2 Å². The van der Waals surface area contributed by atoms with Gasteiger partial charge >= 0.3 is 39.0 Å². The molecule has 4 heterocycles. The van der Waals surface area contributed by atoms with Gasteiger partial charge in [-0.25, -0.2) is 27.6 Å². The number of urea groups is 1. The van der Waals surface area contributed by atoms with Gasteiger partial charge in [-0.3, -0.25) is 42.5 Å². The van der Waals surface area contributed by atoms with Gasteiger partial charge in [-0.15, -0.1) is 0 Å². The largest absolute Gasteiger partial charge is 0.480 e. The molecule has 1 aliphatic carbocycles. The standard InChI is InChI=1S/C38H37ClF5N8O10PS.C11H13F5N2.C5H12OS/c1-4-25-7-8-26(32(47-25)29(46-19-53)14-21-12-23(40)15-24(41)13-21)27-9-10-28(39)31-33(27)51(18-38(42,43)44)48-35(31)52(64(3)60)36(56)49(2)34-22(6-5-11-45-34)16-50(17-30(54)55)37(57)61-20-62-63(58)59;1-3-6-5-7-8(11(14,15)16)17-18(4-2)9(7)10(6,12)13;1-5(2,3)7(4)6/h5-13,15,19,29,58-59H,4,14,16-18,20H2,1-3H3,(H,46,53)(H,54,55);6H,3-5H2,1-2H3;1-4H3/t;6-;/m.1./s1. The summed E-state index contributed by atoms with van der Waals surface area (Å²) in [5.74, 6) is -8.44. The molecule has 1 aliphatic rings. The van der Waals surface area contributed by atoms with Crippen LogP contribution in [0.4, 0.5) is 65.1 Å². The van der Waals surface area contributed by atoms with Gasteiger partial charge in [-0.05, 0) is 89.3 Å². The van der Waals surface area contributed by atoms with E-state index in [1.807, 2.05) is 20.8 Å². The molecule has 89 heavy (non-hydrogen) atoms. The molecule has 21 nitrogen and oxygen atoms in total. The third kappa shape index (κ3) is 18.4. The van der Waals surface area contributed by atoms with Gasteiger partial charge in [-0.1, -0.05) is 43.6 Å². The number of benzene rings is 2. The van der Waals surface area contributed by atoms with Crippen LogP contribution >= 0.6 is 20.2 Å². The van der Waals surface area contributed by atoms with Crippen molar-refractivity contribution in [3.05, 3.63) is 117 Å². The van der Waals surface area contributed by atoms with Crippen LogP contribution < -0.4 is 14.5 Å². The Hall–Kier alpha value is -6.90. The van der Waals surface area contributed by atoms with Crippen LogP contribution in [0.1, 0.15) is 93.5 Å². The van der Waals surface area contributed by atoms with E-state index in [1.54, 1.807) is 26.2 Å². The number of hydrogen-bond acceptors (Lipinski definition) is 14. The van der Waals surface area contributed by atoms with Crippen LogP contribution in [0, 0.1) is 17.6 Å². The molecule has 2 aromatic carbocycles. The van der Waals surface area contributed by atoms with E-state index in [-0.39, 0.29) is 85.8 Å². The SMILES string of the molecule is CC[C@@H]1Cc2c(C(F)(F)F)nn(CC)c2C1(F)F.CCc1ccc(-c2ccc(Cl)c3c(N(C(=O)N(C)c4ncccc4CN(CC(=O)O)C(=O)OCOP(O)O)S(C)=O)nn(CC(F)(F)F)c23)c(C(Cc2cc(F)cc(F)c2)NC=O)n1.CS(=O)C(C)(C)C. The third-order valence-corrected chi connectivity index (χ3v) is 16.6. The summed E-state index contributed by atoms with van der Waals surface area (Å²) in [6, 6.07) is 8.89. The van der Waals surface area contributed by atoms with Crippen molar-refractivity contribution < 1.29 is 95.7 Å². The van der Waals surface area contributed by atoms with Crippen LogP contribution in [0.25, 0.3) is 22.0 Å². The summed E-state index contributed by atoms with van der Waals surface area (Å²) in [7, 11) is -4.89. The van der Waals surface area contributed by atoms with Crippen LogP contribution in [0.2, 0.25) is 5.02 Å². The maximum atomic E-state index is 14.5. The molecule has 35 heteroatoms. The fraction of sp³-hybridized carbons (Fsp3) is 0.444. The number of carbonyl (C=O) groups excluding carboxylic acids is 3. The van der Waals surface area contributed by atoms with E-state index in [4.69, 9.17) is 26.1 Å². The van der Waals surface area contributed by atoms with Crippen LogP contribution in [-0.4, -0.2) is 126 Å². The van der Waals surface area contributed by atoms with Gasteiger partial charge in [-0.2, -0.15) is 49.6 Å². The average molecular weight is 1350 g/mol. The highest BCUT2D eigenvalue weighted by molar-refractivity contribution is 7.86. The first-order valence-electron chi connectivity index (χ1n) is 26.5. The first-order chi connectivity index (χ1) is 41.4. The van der Waals surface area contributed by atoms with Crippen LogP contribution in [0.3, 0.4) is 0 Å². The van der Waals surface area contributed by atoms with E-state index in [0.29, 0.717) is 38.5 Å². The van der Waals surface area contributed by atoms with Crippen LogP contribution in [0.15, 0.2) is 60.8 Å². The molecule has 7 rings (SSSR count). The summed E-state index contributed by atoms with van der Waals surface area (Å²) < 4.78 is 173. The summed E-state index contributed by atoms with van der Waals surface area (Å²) in [6.45, 7) is 6.45. The average Bonchev–Trinajstić information content (AvgIpc) is 1.80. The van der Waals surface area contributed by atoms with E-state index >= 15 is 0 Å². The lowest BCUT2D eigenvalue weighted by molar-refractivity contribution is -0.142. The molecule has 3 unspecified atom stereocenters. The minimum Gasteiger partial charge on any atom is -0.480 e. The van der Waals surface area contributed by atoms with Crippen molar-refractivity contribution >= 4 is 89.0 Å². The number of carboxylic acids is 1. The number of hydrogen-bond donors (Lipinski definition) is 4. The minimum atomic E-state index is -4.94. The monoisotopic (exact) mass is 1350 g/mol. The van der Waals surface area contributed by atoms with Gasteiger partial charge in [0.25, 0.3) is 5.92 Å². The number of alkyl halides is 8. The first-order valence-corrected chi connectivity index (χ1v) is 31.1. The minimum absolute atomic E-state index is 0.00396. The number of ether oxygens (including phenoxy) is 1. The molecule has 4 N–H and O–H groups in total. The fourth-order valence-electron chi connectivity index (χ4n) is 9.06. The van der Waals surface area contributed by atoms with E-state index in [1.165, 1.54) is 43.5 Å². The van der Waals surface area contributed by atoms with E-state index in [9.17, 15) is 76.6 Å². The zero-order valence-electron chi connectivity index (χ0n) is 48.9. The topological polar surface area (TPSA) is 265 Å². The maximum Gasteiger partial charge on any atom is 0.435 e. The lowest BCUT2D eigenvalue weighted by Gasteiger charge is -2.27.